The molecule has 0 amide bonds. The van der Waals surface area contributed by atoms with Crippen molar-refractivity contribution in [2.45, 2.75) is 91.5 Å². The molecule has 0 saturated heterocycles. The highest BCUT2D eigenvalue weighted by molar-refractivity contribution is 7.71. The van der Waals surface area contributed by atoms with Crippen LogP contribution in [0.3, 0.4) is 0 Å². The number of hydrogen-bond donors (Lipinski definition) is 4. The number of nitrogens with zero attached hydrogens (tertiary/aromatic N) is 1. The highest BCUT2D eigenvalue weighted by Crippen LogP contribution is 2.40. The predicted octanol–water partition coefficient (Wildman–Crippen LogP) is 5.49. The number of hydrogen-bond acceptors (Lipinski definition) is 7. The summed E-state index contributed by atoms with van der Waals surface area (Å²) in [5.41, 5.74) is 8.94. The molecule has 0 radical (unpaired) electrons. The number of anilines is 1. The van der Waals surface area contributed by atoms with E-state index in [1.165, 1.54) is 0 Å². The van der Waals surface area contributed by atoms with Gasteiger partial charge in [-0.25, -0.2) is 0 Å². The van der Waals surface area contributed by atoms with E-state index in [0.29, 0.717) is 10.3 Å². The van der Waals surface area contributed by atoms with Gasteiger partial charge in [0, 0.05) is 42.2 Å². The maximum absolute atomic E-state index is 11.8. The molecule has 5 N–H and O–H groups in total. The van der Waals surface area contributed by atoms with Gasteiger partial charge in [-0.1, -0.05) is 41.5 Å². The van der Waals surface area contributed by atoms with Gasteiger partial charge in [0.05, 0.1) is 6.42 Å². The Hall–Kier alpha value is -2.98. The van der Waals surface area contributed by atoms with E-state index in [1.54, 1.807) is 0 Å². The molecule has 1 aromatic carbocycles. The zero-order chi connectivity index (χ0) is 29.6. The maximum atomic E-state index is 11.8. The average molecular weight is 551 g/mol. The molecule has 1 heterocycles. The third-order valence-electron chi connectivity index (χ3n) is 6.10. The fourth-order valence-corrected chi connectivity index (χ4v) is 4.76. The van der Waals surface area contributed by atoms with E-state index in [9.17, 15) is 19.5 Å². The lowest BCUT2D eigenvalue weighted by molar-refractivity contribution is -0.140. The topological polar surface area (TPSA) is 154 Å². The first-order valence-corrected chi connectivity index (χ1v) is 13.1. The van der Waals surface area contributed by atoms with Gasteiger partial charge in [-0.05, 0) is 60.5 Å². The minimum atomic E-state index is -1.17. The largest absolute Gasteiger partial charge is 0.481 e. The fraction of sp³-hybridized carbons (Fsp3) is 0.571. The van der Waals surface area contributed by atoms with Gasteiger partial charge >= 0.3 is 17.9 Å². The Morgan fingerprint density at radius 1 is 0.974 bits per heavy atom. The number of carbonyl (C=O) groups is 3. The van der Waals surface area contributed by atoms with Crippen molar-refractivity contribution in [3.63, 3.8) is 0 Å². The van der Waals surface area contributed by atoms with Gasteiger partial charge in [0.15, 0.2) is 4.71 Å². The van der Waals surface area contributed by atoms with Crippen molar-refractivity contribution in [2.24, 2.45) is 5.73 Å². The van der Waals surface area contributed by atoms with E-state index < -0.39 is 23.9 Å². The first kappa shape index (κ1) is 33.0. The number of aliphatic carboxylic acids is 3. The molecule has 38 heavy (non-hydrogen) atoms. The van der Waals surface area contributed by atoms with Crippen LogP contribution in [0.4, 0.5) is 5.69 Å². The molecule has 10 heteroatoms. The third-order valence-corrected chi connectivity index (χ3v) is 6.39. The van der Waals surface area contributed by atoms with Gasteiger partial charge in [-0.2, -0.15) is 0 Å². The summed E-state index contributed by atoms with van der Waals surface area (Å²) >= 11 is 5.60. The van der Waals surface area contributed by atoms with Crippen LogP contribution < -0.4 is 10.6 Å². The standard InChI is InChI=1S/C23H33NO3S.C5H9NO4/c1-9-24(10-2)14-11-16(22(3,4)5)19-15(13-18(25)26)20(23(6,7)8)21(28)27-17(19)12-14;6-3(5(9)10)1-2-4(7)8/h11-12H,9-10,13H2,1-8H3,(H,25,26);3H,1-2,6H2,(H,7,8)(H,9,10)/t;3-/m.0/s1. The summed E-state index contributed by atoms with van der Waals surface area (Å²) in [4.78, 5) is 33.9. The van der Waals surface area contributed by atoms with Crippen molar-refractivity contribution in [3.8, 4) is 0 Å². The summed E-state index contributed by atoms with van der Waals surface area (Å²) in [6.45, 7) is 18.6. The highest BCUT2D eigenvalue weighted by atomic mass is 32.1. The molecule has 0 bridgehead atoms. The predicted molar refractivity (Wildman–Crippen MR) is 152 cm³/mol. The van der Waals surface area contributed by atoms with Gasteiger partial charge in [0.2, 0.25) is 0 Å². The molecular weight excluding hydrogens is 508 g/mol. The van der Waals surface area contributed by atoms with Crippen molar-refractivity contribution in [3.05, 3.63) is 33.5 Å². The van der Waals surface area contributed by atoms with E-state index in [4.69, 9.17) is 32.6 Å². The minimum Gasteiger partial charge on any atom is -0.481 e. The second-order valence-electron chi connectivity index (χ2n) is 11.2. The maximum Gasteiger partial charge on any atom is 0.320 e. The normalized spacial score (nSPS) is 12.4. The summed E-state index contributed by atoms with van der Waals surface area (Å²) in [7, 11) is 0. The number of carboxylic acids is 3. The van der Waals surface area contributed by atoms with Crippen LogP contribution in [-0.4, -0.2) is 52.4 Å². The summed E-state index contributed by atoms with van der Waals surface area (Å²) in [6.07, 6.45) is -0.297. The van der Waals surface area contributed by atoms with Crippen molar-refractivity contribution < 1.29 is 34.1 Å². The van der Waals surface area contributed by atoms with Gasteiger partial charge in [0.1, 0.15) is 11.6 Å². The van der Waals surface area contributed by atoms with E-state index in [1.807, 2.05) is 26.8 Å². The first-order valence-electron chi connectivity index (χ1n) is 12.7. The summed E-state index contributed by atoms with van der Waals surface area (Å²) in [5.74, 6) is -3.06. The summed E-state index contributed by atoms with van der Waals surface area (Å²) in [5, 5.41) is 26.8. The summed E-state index contributed by atoms with van der Waals surface area (Å²) in [6, 6.07) is 3.13. The first-order chi connectivity index (χ1) is 17.3. The van der Waals surface area contributed by atoms with Crippen LogP contribution in [-0.2, 0) is 31.6 Å². The number of carboxylic acid groups (broad SMARTS) is 3. The van der Waals surface area contributed by atoms with E-state index in [-0.39, 0.29) is 30.1 Å². The van der Waals surface area contributed by atoms with Gasteiger partial charge in [0.25, 0.3) is 0 Å². The SMILES string of the molecule is CCN(CC)c1cc(C(C)(C)C)c2c(CC(=O)O)c(C(C)(C)C)c(=S)oc2c1.N[C@@H](CCC(=O)O)C(=O)O. The zero-order valence-corrected chi connectivity index (χ0v) is 24.5. The monoisotopic (exact) mass is 550 g/mol. The number of nitrogens with two attached hydrogens (primary N) is 1. The fourth-order valence-electron chi connectivity index (χ4n) is 4.24. The van der Waals surface area contributed by atoms with Crippen molar-refractivity contribution in [1.29, 1.82) is 0 Å². The average Bonchev–Trinajstić information content (AvgIpc) is 2.75. The molecule has 0 spiro atoms. The Kier molecular flexibility index (Phi) is 11.5. The molecule has 1 atom stereocenters. The Morgan fingerprint density at radius 3 is 1.92 bits per heavy atom. The van der Waals surface area contributed by atoms with Gasteiger partial charge in [-0.15, -0.1) is 0 Å². The van der Waals surface area contributed by atoms with E-state index in [2.05, 4.69) is 45.6 Å². The molecule has 212 valence electrons. The van der Waals surface area contributed by atoms with Crippen LogP contribution in [0.1, 0.15) is 84.9 Å². The van der Waals surface area contributed by atoms with E-state index >= 15 is 0 Å². The molecule has 2 aromatic rings. The molecule has 0 saturated carbocycles. The molecule has 0 aliphatic carbocycles. The van der Waals surface area contributed by atoms with E-state index in [0.717, 1.165) is 40.9 Å². The molecule has 0 aliphatic heterocycles. The highest BCUT2D eigenvalue weighted by Gasteiger charge is 2.29. The van der Waals surface area contributed by atoms with Crippen LogP contribution in [0.5, 0.6) is 0 Å². The van der Waals surface area contributed by atoms with Crippen LogP contribution >= 0.6 is 12.2 Å². The molecule has 2 rings (SSSR count). The zero-order valence-electron chi connectivity index (χ0n) is 23.7. The van der Waals surface area contributed by atoms with Crippen LogP contribution in [0, 0.1) is 4.71 Å². The van der Waals surface area contributed by atoms with Crippen molar-refractivity contribution >= 4 is 46.8 Å². The Bertz CT molecular complexity index is 1220. The number of benzene rings is 1. The molecule has 0 fully saturated rings. The Morgan fingerprint density at radius 2 is 1.53 bits per heavy atom. The smallest absolute Gasteiger partial charge is 0.320 e. The van der Waals surface area contributed by atoms with Gasteiger partial charge < -0.3 is 30.4 Å². The van der Waals surface area contributed by atoms with Crippen LogP contribution in [0.2, 0.25) is 0 Å². The molecule has 9 nitrogen and oxygen atoms in total. The Balaban J connectivity index is 0.000000612. The lowest BCUT2D eigenvalue weighted by atomic mass is 9.78. The quantitative estimate of drug-likeness (QED) is 0.294. The van der Waals surface area contributed by atoms with Crippen molar-refractivity contribution in [2.75, 3.05) is 18.0 Å². The number of fused-ring (bicyclic) bond motifs is 1. The second kappa shape index (κ2) is 13.2. The van der Waals surface area contributed by atoms with Crippen molar-refractivity contribution in [1.82, 2.24) is 0 Å². The van der Waals surface area contributed by atoms with Crippen LogP contribution in [0.15, 0.2) is 16.5 Å². The molecule has 1 aromatic heterocycles. The lowest BCUT2D eigenvalue weighted by Gasteiger charge is -2.30. The lowest BCUT2D eigenvalue weighted by Crippen LogP contribution is -2.30. The Labute approximate surface area is 229 Å². The molecular formula is C28H42N2O7S. The third kappa shape index (κ3) is 8.80. The minimum absolute atomic E-state index is 0.0231. The molecule has 0 unspecified atom stereocenters. The second-order valence-corrected chi connectivity index (χ2v) is 11.6. The van der Waals surface area contributed by atoms with Crippen LogP contribution in [0.25, 0.3) is 11.0 Å². The number of rotatable bonds is 9. The summed E-state index contributed by atoms with van der Waals surface area (Å²) < 4.78 is 6.53. The molecule has 0 aliphatic rings. The van der Waals surface area contributed by atoms with Gasteiger partial charge in [-0.3, -0.25) is 14.4 Å².